The summed E-state index contributed by atoms with van der Waals surface area (Å²) in [7, 11) is -2.29. The van der Waals surface area contributed by atoms with Gasteiger partial charge in [0, 0.05) is 23.0 Å². The number of carbonyl (C=O) groups excluding carboxylic acids is 1. The largest absolute Gasteiger partial charge is 0.321 e. The Labute approximate surface area is 176 Å². The summed E-state index contributed by atoms with van der Waals surface area (Å²) < 4.78 is 27.1. The molecule has 1 amide bonds. The molecule has 150 valence electrons. The van der Waals surface area contributed by atoms with Crippen molar-refractivity contribution in [1.82, 2.24) is 9.29 Å². The minimum atomic E-state index is -3.59. The van der Waals surface area contributed by atoms with Gasteiger partial charge in [-0.15, -0.1) is 0 Å². The van der Waals surface area contributed by atoms with Crippen LogP contribution in [-0.2, 0) is 10.0 Å². The highest BCUT2D eigenvalue weighted by Gasteiger charge is 2.13. The first-order valence-electron chi connectivity index (χ1n) is 8.24. The minimum absolute atomic E-state index is 0.0584. The summed E-state index contributed by atoms with van der Waals surface area (Å²) in [5.74, 6) is -0.475. The number of nitrogens with one attached hydrogen (secondary N) is 2. The fraction of sp³-hybridized carbons (Fsp3) is 0.0526. The number of anilines is 1. The van der Waals surface area contributed by atoms with Gasteiger partial charge in [-0.3, -0.25) is 14.2 Å². The molecule has 0 spiro atoms. The molecule has 0 radical (unpaired) electrons. The van der Waals surface area contributed by atoms with Gasteiger partial charge in [0.05, 0.1) is 21.2 Å². The van der Waals surface area contributed by atoms with Gasteiger partial charge in [-0.25, -0.2) is 13.1 Å². The van der Waals surface area contributed by atoms with Crippen LogP contribution in [0.15, 0.2) is 70.5 Å². The second kappa shape index (κ2) is 8.38. The Balaban J connectivity index is 1.92. The van der Waals surface area contributed by atoms with Gasteiger partial charge in [0.25, 0.3) is 11.5 Å². The van der Waals surface area contributed by atoms with Crippen LogP contribution in [0.5, 0.6) is 0 Å². The summed E-state index contributed by atoms with van der Waals surface area (Å²) in [6, 6.07) is 13.0. The number of carbonyl (C=O) groups is 1. The van der Waals surface area contributed by atoms with Crippen LogP contribution in [0.3, 0.4) is 0 Å². The first kappa shape index (κ1) is 21.1. The summed E-state index contributed by atoms with van der Waals surface area (Å²) in [5.41, 5.74) is 0.613. The molecule has 0 aliphatic rings. The molecule has 2 N–H and O–H groups in total. The van der Waals surface area contributed by atoms with Crippen molar-refractivity contribution in [3.8, 4) is 5.69 Å². The second-order valence-corrected chi connectivity index (χ2v) is 8.64. The average Bonchev–Trinajstić information content (AvgIpc) is 2.70. The van der Waals surface area contributed by atoms with Gasteiger partial charge in [0.1, 0.15) is 0 Å². The normalized spacial score (nSPS) is 11.3. The van der Waals surface area contributed by atoms with Crippen LogP contribution in [-0.4, -0.2) is 25.9 Å². The lowest BCUT2D eigenvalue weighted by atomic mass is 10.2. The van der Waals surface area contributed by atoms with Crippen LogP contribution >= 0.6 is 23.2 Å². The molecular weight excluding hydrogens is 437 g/mol. The van der Waals surface area contributed by atoms with E-state index in [0.717, 1.165) is 0 Å². The lowest BCUT2D eigenvalue weighted by Gasteiger charge is -2.11. The van der Waals surface area contributed by atoms with Crippen molar-refractivity contribution in [3.63, 3.8) is 0 Å². The van der Waals surface area contributed by atoms with Crippen molar-refractivity contribution in [2.24, 2.45) is 0 Å². The minimum Gasteiger partial charge on any atom is -0.321 e. The molecule has 0 aliphatic heterocycles. The number of nitrogens with zero attached hydrogens (tertiary/aromatic N) is 1. The highest BCUT2D eigenvalue weighted by Crippen LogP contribution is 2.25. The number of benzene rings is 2. The lowest BCUT2D eigenvalue weighted by Crippen LogP contribution is -2.21. The van der Waals surface area contributed by atoms with Gasteiger partial charge in [-0.1, -0.05) is 23.2 Å². The predicted octanol–water partition coefficient (Wildman–Crippen LogP) is 3.30. The molecule has 0 aliphatic carbocycles. The van der Waals surface area contributed by atoms with E-state index in [1.807, 2.05) is 0 Å². The third-order valence-corrected chi connectivity index (χ3v) is 6.02. The average molecular weight is 452 g/mol. The predicted molar refractivity (Wildman–Crippen MR) is 113 cm³/mol. The van der Waals surface area contributed by atoms with Gasteiger partial charge >= 0.3 is 0 Å². The highest BCUT2D eigenvalue weighted by molar-refractivity contribution is 7.89. The Bertz CT molecular complexity index is 1240. The fourth-order valence-corrected chi connectivity index (χ4v) is 3.70. The number of hydrogen-bond donors (Lipinski definition) is 2. The number of rotatable bonds is 5. The summed E-state index contributed by atoms with van der Waals surface area (Å²) in [6.45, 7) is 0. The molecule has 3 aromatic rings. The lowest BCUT2D eigenvalue weighted by molar-refractivity contribution is 0.102. The summed E-state index contributed by atoms with van der Waals surface area (Å²) in [5, 5.41) is 3.37. The smallest absolute Gasteiger partial charge is 0.257 e. The number of aromatic nitrogens is 1. The maximum atomic E-state index is 12.6. The Kier molecular flexibility index (Phi) is 6.09. The molecule has 7 nitrogen and oxygen atoms in total. The van der Waals surface area contributed by atoms with E-state index in [-0.39, 0.29) is 21.0 Å². The topological polar surface area (TPSA) is 97.3 Å². The quantitative estimate of drug-likeness (QED) is 0.621. The number of hydrogen-bond acceptors (Lipinski definition) is 4. The van der Waals surface area contributed by atoms with Crippen LogP contribution in [0.4, 0.5) is 5.69 Å². The first-order valence-corrected chi connectivity index (χ1v) is 10.5. The van der Waals surface area contributed by atoms with E-state index in [4.69, 9.17) is 23.2 Å². The molecule has 0 atom stereocenters. The van der Waals surface area contributed by atoms with Crippen LogP contribution in [0.25, 0.3) is 5.69 Å². The maximum Gasteiger partial charge on any atom is 0.257 e. The monoisotopic (exact) mass is 451 g/mol. The Morgan fingerprint density at radius 1 is 1.00 bits per heavy atom. The zero-order valence-electron chi connectivity index (χ0n) is 15.0. The fourth-order valence-electron chi connectivity index (χ4n) is 2.51. The summed E-state index contributed by atoms with van der Waals surface area (Å²) in [4.78, 5) is 24.9. The molecule has 0 bridgehead atoms. The SMILES string of the molecule is CNS(=O)(=O)c1ccc(-n2cc(C(=O)Nc3ccc(Cl)cc3Cl)ccc2=O)cc1. The molecular formula is C19H15Cl2N3O4S. The third-order valence-electron chi connectivity index (χ3n) is 4.05. The van der Waals surface area contributed by atoms with Crippen molar-refractivity contribution in [2.75, 3.05) is 12.4 Å². The summed E-state index contributed by atoms with van der Waals surface area (Å²) >= 11 is 11.9. The molecule has 0 saturated carbocycles. The Morgan fingerprint density at radius 3 is 2.31 bits per heavy atom. The van der Waals surface area contributed by atoms with Gasteiger partial charge in [-0.2, -0.15) is 0 Å². The van der Waals surface area contributed by atoms with E-state index >= 15 is 0 Å². The van der Waals surface area contributed by atoms with Crippen molar-refractivity contribution in [3.05, 3.63) is 86.8 Å². The molecule has 0 unspecified atom stereocenters. The van der Waals surface area contributed by atoms with E-state index < -0.39 is 15.9 Å². The molecule has 3 rings (SSSR count). The molecule has 10 heteroatoms. The van der Waals surface area contributed by atoms with E-state index in [2.05, 4.69) is 10.0 Å². The first-order chi connectivity index (χ1) is 13.7. The Hall–Kier alpha value is -2.65. The van der Waals surface area contributed by atoms with Gasteiger partial charge in [-0.05, 0) is 55.6 Å². The molecule has 0 fully saturated rings. The standard InChI is InChI=1S/C19H15Cl2N3O4S/c1-22-29(27,28)15-6-4-14(5-7-15)24-11-12(2-9-18(24)25)19(26)23-17-8-3-13(20)10-16(17)21/h2-11,22H,1H3,(H,23,26). The van der Waals surface area contributed by atoms with E-state index in [1.54, 1.807) is 12.1 Å². The molecule has 29 heavy (non-hydrogen) atoms. The van der Waals surface area contributed by atoms with Crippen LogP contribution in [0.2, 0.25) is 10.0 Å². The Morgan fingerprint density at radius 2 is 1.69 bits per heavy atom. The maximum absolute atomic E-state index is 12.6. The van der Waals surface area contributed by atoms with E-state index in [9.17, 15) is 18.0 Å². The zero-order valence-corrected chi connectivity index (χ0v) is 17.3. The van der Waals surface area contributed by atoms with Crippen LogP contribution < -0.4 is 15.6 Å². The number of sulfonamides is 1. The van der Waals surface area contributed by atoms with Gasteiger partial charge < -0.3 is 5.32 Å². The number of halogens is 2. The van der Waals surface area contributed by atoms with E-state index in [1.165, 1.54) is 60.3 Å². The van der Waals surface area contributed by atoms with E-state index in [0.29, 0.717) is 16.4 Å². The van der Waals surface area contributed by atoms with Crippen molar-refractivity contribution in [2.45, 2.75) is 4.90 Å². The molecule has 0 saturated heterocycles. The zero-order chi connectivity index (χ0) is 21.2. The van der Waals surface area contributed by atoms with Crippen molar-refractivity contribution in [1.29, 1.82) is 0 Å². The second-order valence-electron chi connectivity index (χ2n) is 5.91. The van der Waals surface area contributed by atoms with Gasteiger partial charge in [0.2, 0.25) is 10.0 Å². The highest BCUT2D eigenvalue weighted by atomic mass is 35.5. The third kappa shape index (κ3) is 4.68. The van der Waals surface area contributed by atoms with Crippen LogP contribution in [0, 0.1) is 0 Å². The molecule has 2 aromatic carbocycles. The van der Waals surface area contributed by atoms with Crippen LogP contribution in [0.1, 0.15) is 10.4 Å². The molecule has 1 heterocycles. The number of amides is 1. The molecule has 1 aromatic heterocycles. The van der Waals surface area contributed by atoms with Crippen molar-refractivity contribution < 1.29 is 13.2 Å². The van der Waals surface area contributed by atoms with Crippen molar-refractivity contribution >= 4 is 44.8 Å². The number of pyridine rings is 1. The summed E-state index contributed by atoms with van der Waals surface area (Å²) in [6.07, 6.45) is 1.36. The van der Waals surface area contributed by atoms with Gasteiger partial charge in [0.15, 0.2) is 0 Å².